The first kappa shape index (κ1) is 13.2. The van der Waals surface area contributed by atoms with Crippen LogP contribution in [0.2, 0.25) is 0 Å². The van der Waals surface area contributed by atoms with Crippen LogP contribution in [0, 0.1) is 5.41 Å². The molecule has 1 unspecified atom stereocenters. The summed E-state index contributed by atoms with van der Waals surface area (Å²) in [6.45, 7) is 3.90. The molecule has 1 atom stereocenters. The molecule has 18 heavy (non-hydrogen) atoms. The lowest BCUT2D eigenvalue weighted by Gasteiger charge is -2.19. The number of alkyl halides is 3. The molecule has 2 rings (SSSR count). The molecule has 0 heterocycles. The van der Waals surface area contributed by atoms with Crippen LogP contribution < -0.4 is 10.5 Å². The highest BCUT2D eigenvalue weighted by Crippen LogP contribution is 2.60. The first-order valence-electron chi connectivity index (χ1n) is 5.66. The maximum atomic E-state index is 12.9. The van der Waals surface area contributed by atoms with Gasteiger partial charge in [0.05, 0.1) is 12.7 Å². The molecule has 0 amide bonds. The van der Waals surface area contributed by atoms with E-state index in [2.05, 4.69) is 0 Å². The van der Waals surface area contributed by atoms with Crippen LogP contribution in [0.3, 0.4) is 0 Å². The zero-order chi connectivity index (χ0) is 13.8. The number of ether oxygens (including phenoxy) is 1. The summed E-state index contributed by atoms with van der Waals surface area (Å²) < 4.78 is 43.4. The highest BCUT2D eigenvalue weighted by atomic mass is 19.4. The molecule has 2 nitrogen and oxygen atoms in total. The molecule has 1 aromatic carbocycles. The summed E-state index contributed by atoms with van der Waals surface area (Å²) in [7, 11) is 1.23. The van der Waals surface area contributed by atoms with Crippen LogP contribution in [-0.2, 0) is 11.7 Å². The van der Waals surface area contributed by atoms with Gasteiger partial charge in [-0.15, -0.1) is 0 Å². The summed E-state index contributed by atoms with van der Waals surface area (Å²) in [6, 6.07) is 4.05. The number of benzene rings is 1. The Morgan fingerprint density at radius 1 is 1.28 bits per heavy atom. The zero-order valence-corrected chi connectivity index (χ0v) is 10.6. The van der Waals surface area contributed by atoms with E-state index >= 15 is 0 Å². The number of nitrogens with two attached hydrogens (primary N) is 1. The minimum atomic E-state index is -4.43. The fraction of sp³-hybridized carbons (Fsp3) is 0.538. The summed E-state index contributed by atoms with van der Waals surface area (Å²) >= 11 is 0. The third kappa shape index (κ3) is 1.86. The van der Waals surface area contributed by atoms with Gasteiger partial charge < -0.3 is 10.5 Å². The second-order valence-corrected chi connectivity index (χ2v) is 5.44. The number of hydrogen-bond donors (Lipinski definition) is 1. The van der Waals surface area contributed by atoms with Crippen LogP contribution in [-0.4, -0.2) is 7.11 Å². The molecule has 1 aromatic rings. The molecule has 5 heteroatoms. The third-order valence-electron chi connectivity index (χ3n) is 3.82. The fourth-order valence-electron chi connectivity index (χ4n) is 2.35. The van der Waals surface area contributed by atoms with Crippen LogP contribution in [0.15, 0.2) is 18.2 Å². The summed E-state index contributed by atoms with van der Waals surface area (Å²) in [6.07, 6.45) is -3.75. The molecule has 0 spiro atoms. The lowest BCUT2D eigenvalue weighted by Crippen LogP contribution is -2.26. The predicted molar refractivity (Wildman–Crippen MR) is 62.3 cm³/mol. The van der Waals surface area contributed by atoms with Crippen LogP contribution in [0.1, 0.15) is 31.4 Å². The number of rotatable bonds is 2. The topological polar surface area (TPSA) is 35.2 Å². The summed E-state index contributed by atoms with van der Waals surface area (Å²) in [5, 5.41) is 0. The SMILES string of the molecule is COc1ccc(C2(N)CC2(C)C)cc1C(F)(F)F. The highest BCUT2D eigenvalue weighted by Gasteiger charge is 2.59. The summed E-state index contributed by atoms with van der Waals surface area (Å²) in [5.41, 5.74) is 5.06. The molecule has 0 aromatic heterocycles. The van der Waals surface area contributed by atoms with Crippen LogP contribution in [0.25, 0.3) is 0 Å². The molecule has 1 aliphatic rings. The van der Waals surface area contributed by atoms with Gasteiger partial charge in [0.1, 0.15) is 5.75 Å². The Labute approximate surface area is 104 Å². The highest BCUT2D eigenvalue weighted by molar-refractivity contribution is 5.45. The largest absolute Gasteiger partial charge is 0.496 e. The predicted octanol–water partition coefficient (Wildman–Crippen LogP) is 3.30. The van der Waals surface area contributed by atoms with Gasteiger partial charge >= 0.3 is 6.18 Å². The van der Waals surface area contributed by atoms with Gasteiger partial charge in [-0.25, -0.2) is 0 Å². The van der Waals surface area contributed by atoms with Crippen molar-refractivity contribution in [3.8, 4) is 5.75 Å². The van der Waals surface area contributed by atoms with Crippen molar-refractivity contribution in [2.45, 2.75) is 32.0 Å². The van der Waals surface area contributed by atoms with Gasteiger partial charge in [-0.1, -0.05) is 19.9 Å². The van der Waals surface area contributed by atoms with Crippen molar-refractivity contribution >= 4 is 0 Å². The third-order valence-corrected chi connectivity index (χ3v) is 3.82. The van der Waals surface area contributed by atoms with Gasteiger partial charge in [-0.3, -0.25) is 0 Å². The van der Waals surface area contributed by atoms with Crippen molar-refractivity contribution in [2.24, 2.45) is 11.1 Å². The first-order valence-corrected chi connectivity index (χ1v) is 5.66. The smallest absolute Gasteiger partial charge is 0.419 e. The van der Waals surface area contributed by atoms with Gasteiger partial charge in [0, 0.05) is 5.54 Å². The summed E-state index contributed by atoms with van der Waals surface area (Å²) in [5.74, 6) is -0.173. The molecule has 1 aliphatic carbocycles. The molecule has 0 aliphatic heterocycles. The van der Waals surface area contributed by atoms with Gasteiger partial charge in [-0.05, 0) is 29.5 Å². The van der Waals surface area contributed by atoms with Crippen LogP contribution in [0.4, 0.5) is 13.2 Å². The molecular weight excluding hydrogens is 243 g/mol. The monoisotopic (exact) mass is 259 g/mol. The zero-order valence-electron chi connectivity index (χ0n) is 10.6. The van der Waals surface area contributed by atoms with E-state index in [1.807, 2.05) is 13.8 Å². The minimum absolute atomic E-state index is 0.162. The van der Waals surface area contributed by atoms with E-state index < -0.39 is 17.3 Å². The maximum absolute atomic E-state index is 12.9. The second kappa shape index (κ2) is 3.63. The van der Waals surface area contributed by atoms with Crippen molar-refractivity contribution in [2.75, 3.05) is 7.11 Å². The maximum Gasteiger partial charge on any atom is 0.419 e. The molecule has 2 N–H and O–H groups in total. The van der Waals surface area contributed by atoms with E-state index in [1.54, 1.807) is 6.07 Å². The Balaban J connectivity index is 2.48. The van der Waals surface area contributed by atoms with E-state index in [1.165, 1.54) is 13.2 Å². The van der Waals surface area contributed by atoms with Gasteiger partial charge in [0.15, 0.2) is 0 Å². The quantitative estimate of drug-likeness (QED) is 0.884. The number of halogens is 3. The van der Waals surface area contributed by atoms with Crippen LogP contribution in [0.5, 0.6) is 5.75 Å². The normalized spacial score (nSPS) is 25.9. The van der Waals surface area contributed by atoms with Crippen molar-refractivity contribution in [3.05, 3.63) is 29.3 Å². The van der Waals surface area contributed by atoms with Crippen molar-refractivity contribution in [1.82, 2.24) is 0 Å². The van der Waals surface area contributed by atoms with Crippen molar-refractivity contribution in [3.63, 3.8) is 0 Å². The molecule has 0 saturated heterocycles. The standard InChI is InChI=1S/C13H16F3NO/c1-11(2)7-12(11,17)8-4-5-10(18-3)9(6-8)13(14,15)16/h4-6H,7,17H2,1-3H3. The lowest BCUT2D eigenvalue weighted by atomic mass is 9.95. The van der Waals surface area contributed by atoms with Gasteiger partial charge in [0.25, 0.3) is 0 Å². The Morgan fingerprint density at radius 3 is 2.22 bits per heavy atom. The molecule has 0 radical (unpaired) electrons. The number of hydrogen-bond acceptors (Lipinski definition) is 2. The fourth-order valence-corrected chi connectivity index (χ4v) is 2.35. The van der Waals surface area contributed by atoms with E-state index in [-0.39, 0.29) is 11.2 Å². The van der Waals surface area contributed by atoms with E-state index in [0.717, 1.165) is 6.07 Å². The van der Waals surface area contributed by atoms with E-state index in [9.17, 15) is 13.2 Å². The minimum Gasteiger partial charge on any atom is -0.496 e. The lowest BCUT2D eigenvalue weighted by molar-refractivity contribution is -0.138. The van der Waals surface area contributed by atoms with Gasteiger partial charge in [-0.2, -0.15) is 13.2 Å². The Hall–Kier alpha value is -1.23. The van der Waals surface area contributed by atoms with Crippen molar-refractivity contribution in [1.29, 1.82) is 0 Å². The molecule has 1 saturated carbocycles. The molecule has 1 fully saturated rings. The Bertz CT molecular complexity index is 482. The van der Waals surface area contributed by atoms with E-state index in [4.69, 9.17) is 10.5 Å². The average Bonchev–Trinajstić information content (AvgIpc) is 2.77. The number of methoxy groups -OCH3 is 1. The molecule has 100 valence electrons. The Morgan fingerprint density at radius 2 is 1.83 bits per heavy atom. The summed E-state index contributed by atoms with van der Waals surface area (Å²) in [4.78, 5) is 0. The molecule has 0 bridgehead atoms. The first-order chi connectivity index (χ1) is 8.12. The van der Waals surface area contributed by atoms with Gasteiger partial charge in [0.2, 0.25) is 0 Å². The van der Waals surface area contributed by atoms with E-state index in [0.29, 0.717) is 12.0 Å². The molecular formula is C13H16F3NO. The average molecular weight is 259 g/mol. The van der Waals surface area contributed by atoms with Crippen molar-refractivity contribution < 1.29 is 17.9 Å². The second-order valence-electron chi connectivity index (χ2n) is 5.44. The Kier molecular flexibility index (Phi) is 2.67. The van der Waals surface area contributed by atoms with Crippen LogP contribution >= 0.6 is 0 Å².